The molecule has 1 aromatic carbocycles. The largest absolute Gasteiger partial charge is 0.370 e. The minimum atomic E-state index is 0.750. The van der Waals surface area contributed by atoms with Crippen LogP contribution in [0.1, 0.15) is 18.3 Å². The van der Waals surface area contributed by atoms with Crippen LogP contribution in [0.5, 0.6) is 0 Å². The third-order valence-corrected chi connectivity index (χ3v) is 4.33. The summed E-state index contributed by atoms with van der Waals surface area (Å²) in [5, 5.41) is 6.49. The van der Waals surface area contributed by atoms with Gasteiger partial charge in [0, 0.05) is 17.4 Å². The zero-order valence-corrected chi connectivity index (χ0v) is 13.5. The molecule has 102 valence electrons. The number of nitrogens with one attached hydrogen (secondary N) is 1. The molecule has 0 atom stereocenters. The van der Waals surface area contributed by atoms with Gasteiger partial charge in [-0.1, -0.05) is 28.1 Å². The van der Waals surface area contributed by atoms with Crippen LogP contribution in [-0.2, 0) is 6.42 Å². The van der Waals surface area contributed by atoms with E-state index in [2.05, 4.69) is 61.7 Å². The Hall–Kier alpha value is -1.46. The van der Waals surface area contributed by atoms with E-state index in [1.54, 1.807) is 11.3 Å². The second-order valence-corrected chi connectivity index (χ2v) is 6.27. The molecule has 0 radical (unpaired) electrons. The van der Waals surface area contributed by atoms with Crippen LogP contribution in [0.3, 0.4) is 0 Å². The molecule has 3 rings (SSSR count). The highest BCUT2D eigenvalue weighted by atomic mass is 79.9. The molecule has 0 spiro atoms. The van der Waals surface area contributed by atoms with Gasteiger partial charge in [-0.15, -0.1) is 11.3 Å². The van der Waals surface area contributed by atoms with Gasteiger partial charge in [-0.05, 0) is 36.1 Å². The maximum absolute atomic E-state index is 4.65. The van der Waals surface area contributed by atoms with Crippen LogP contribution >= 0.6 is 27.3 Å². The molecular weight excluding hydrogens is 334 g/mol. The molecule has 2 aromatic heterocycles. The van der Waals surface area contributed by atoms with Crippen molar-refractivity contribution in [3.63, 3.8) is 0 Å². The van der Waals surface area contributed by atoms with Gasteiger partial charge in [-0.25, -0.2) is 9.97 Å². The van der Waals surface area contributed by atoms with Gasteiger partial charge in [-0.3, -0.25) is 0 Å². The average Bonchev–Trinajstić information content (AvgIpc) is 2.90. The number of nitrogens with zero attached hydrogens (tertiary/aromatic N) is 2. The smallest absolute Gasteiger partial charge is 0.138 e. The van der Waals surface area contributed by atoms with Crippen LogP contribution in [0.4, 0.5) is 5.82 Å². The zero-order valence-electron chi connectivity index (χ0n) is 11.1. The zero-order chi connectivity index (χ0) is 13.9. The first-order valence-electron chi connectivity index (χ1n) is 6.48. The molecule has 0 aliphatic rings. The van der Waals surface area contributed by atoms with E-state index >= 15 is 0 Å². The fourth-order valence-electron chi connectivity index (χ4n) is 2.07. The van der Waals surface area contributed by atoms with Crippen LogP contribution in [0.15, 0.2) is 40.2 Å². The van der Waals surface area contributed by atoms with Crippen LogP contribution in [0.25, 0.3) is 10.2 Å². The second-order valence-electron chi connectivity index (χ2n) is 4.46. The van der Waals surface area contributed by atoms with Crippen molar-refractivity contribution in [2.75, 3.05) is 11.9 Å². The van der Waals surface area contributed by atoms with E-state index in [4.69, 9.17) is 0 Å². The number of hydrogen-bond donors (Lipinski definition) is 1. The van der Waals surface area contributed by atoms with E-state index in [1.807, 2.05) is 12.1 Å². The summed E-state index contributed by atoms with van der Waals surface area (Å²) < 4.78 is 1.09. The molecule has 0 aliphatic heterocycles. The maximum Gasteiger partial charge on any atom is 0.138 e. The molecule has 0 fully saturated rings. The molecule has 0 bridgehead atoms. The summed E-state index contributed by atoms with van der Waals surface area (Å²) in [6, 6.07) is 10.4. The van der Waals surface area contributed by atoms with Gasteiger partial charge in [0.05, 0.1) is 5.39 Å². The molecular formula is C15H14BrN3S. The predicted octanol–water partition coefficient (Wildman–Crippen LogP) is 4.48. The van der Waals surface area contributed by atoms with Gasteiger partial charge >= 0.3 is 0 Å². The summed E-state index contributed by atoms with van der Waals surface area (Å²) in [7, 11) is 0. The van der Waals surface area contributed by atoms with Crippen molar-refractivity contribution in [1.29, 1.82) is 0 Å². The van der Waals surface area contributed by atoms with Gasteiger partial charge in [0.25, 0.3) is 0 Å². The normalized spacial score (nSPS) is 10.9. The second kappa shape index (κ2) is 5.89. The van der Waals surface area contributed by atoms with E-state index in [1.165, 1.54) is 5.56 Å². The molecule has 0 unspecified atom stereocenters. The molecule has 5 heteroatoms. The van der Waals surface area contributed by atoms with Crippen LogP contribution in [0.2, 0.25) is 0 Å². The monoisotopic (exact) mass is 347 g/mol. The van der Waals surface area contributed by atoms with E-state index < -0.39 is 0 Å². The van der Waals surface area contributed by atoms with Gasteiger partial charge in [0.2, 0.25) is 0 Å². The van der Waals surface area contributed by atoms with Crippen LogP contribution < -0.4 is 5.32 Å². The molecule has 0 saturated heterocycles. The van der Waals surface area contributed by atoms with Gasteiger partial charge in [0.15, 0.2) is 0 Å². The third kappa shape index (κ3) is 2.83. The number of rotatable bonds is 4. The number of halogens is 1. The summed E-state index contributed by atoms with van der Waals surface area (Å²) in [6.45, 7) is 2.94. The van der Waals surface area contributed by atoms with Crippen LogP contribution in [0, 0.1) is 0 Å². The lowest BCUT2D eigenvalue weighted by atomic mass is 10.1. The summed E-state index contributed by atoms with van der Waals surface area (Å²) in [4.78, 5) is 10.3. The number of thiophene rings is 1. The topological polar surface area (TPSA) is 37.8 Å². The Morgan fingerprint density at radius 3 is 2.70 bits per heavy atom. The van der Waals surface area contributed by atoms with Crippen molar-refractivity contribution in [3.8, 4) is 0 Å². The van der Waals surface area contributed by atoms with E-state index in [0.29, 0.717) is 0 Å². The first-order valence-corrected chi connectivity index (χ1v) is 8.16. The number of hydrogen-bond acceptors (Lipinski definition) is 4. The lowest BCUT2D eigenvalue weighted by molar-refractivity contribution is 0.990. The molecule has 20 heavy (non-hydrogen) atoms. The average molecular weight is 348 g/mol. The fourth-order valence-corrected chi connectivity index (χ4v) is 3.11. The Labute approximate surface area is 130 Å². The molecule has 1 N–H and O–H groups in total. The van der Waals surface area contributed by atoms with Crippen molar-refractivity contribution < 1.29 is 0 Å². The molecule has 0 amide bonds. The lowest BCUT2D eigenvalue weighted by Crippen LogP contribution is -2.04. The Balaban J connectivity index is 1.96. The Morgan fingerprint density at radius 2 is 1.95 bits per heavy atom. The highest BCUT2D eigenvalue weighted by molar-refractivity contribution is 9.10. The van der Waals surface area contributed by atoms with E-state index in [0.717, 1.165) is 39.3 Å². The summed E-state index contributed by atoms with van der Waals surface area (Å²) in [5.74, 6) is 1.80. The number of aromatic nitrogens is 2. The number of benzene rings is 1. The summed E-state index contributed by atoms with van der Waals surface area (Å²) in [6.07, 6.45) is 0.750. The minimum Gasteiger partial charge on any atom is -0.370 e. The summed E-state index contributed by atoms with van der Waals surface area (Å²) >= 11 is 5.11. The van der Waals surface area contributed by atoms with Crippen molar-refractivity contribution in [1.82, 2.24) is 9.97 Å². The van der Waals surface area contributed by atoms with E-state index in [9.17, 15) is 0 Å². The molecule has 0 aliphatic carbocycles. The van der Waals surface area contributed by atoms with Gasteiger partial charge in [-0.2, -0.15) is 0 Å². The predicted molar refractivity (Wildman–Crippen MR) is 88.5 cm³/mol. The van der Waals surface area contributed by atoms with Crippen molar-refractivity contribution in [2.24, 2.45) is 0 Å². The molecule has 2 heterocycles. The highest BCUT2D eigenvalue weighted by Crippen LogP contribution is 2.25. The van der Waals surface area contributed by atoms with Crippen molar-refractivity contribution in [2.45, 2.75) is 13.3 Å². The molecule has 0 saturated carbocycles. The first kappa shape index (κ1) is 13.5. The third-order valence-electron chi connectivity index (χ3n) is 2.99. The highest BCUT2D eigenvalue weighted by Gasteiger charge is 2.08. The fraction of sp³-hybridized carbons (Fsp3) is 0.200. The molecule has 3 aromatic rings. The first-order chi connectivity index (χ1) is 9.76. The Kier molecular flexibility index (Phi) is 3.98. The Bertz CT molecular complexity index is 722. The number of anilines is 1. The van der Waals surface area contributed by atoms with Crippen molar-refractivity contribution in [3.05, 3.63) is 51.6 Å². The van der Waals surface area contributed by atoms with Crippen LogP contribution in [-0.4, -0.2) is 16.5 Å². The Morgan fingerprint density at radius 1 is 1.15 bits per heavy atom. The van der Waals surface area contributed by atoms with Gasteiger partial charge in [0.1, 0.15) is 16.5 Å². The number of fused-ring (bicyclic) bond motifs is 1. The maximum atomic E-state index is 4.65. The van der Waals surface area contributed by atoms with Gasteiger partial charge < -0.3 is 5.32 Å². The van der Waals surface area contributed by atoms with E-state index in [-0.39, 0.29) is 0 Å². The quantitative estimate of drug-likeness (QED) is 0.756. The SMILES string of the molecule is CCNc1nc(Cc2ccc(Br)cc2)nc2sccc12. The minimum absolute atomic E-state index is 0.750. The lowest BCUT2D eigenvalue weighted by Gasteiger charge is -2.07. The van der Waals surface area contributed by atoms with Crippen molar-refractivity contribution >= 4 is 43.3 Å². The standard InChI is InChI=1S/C15H14BrN3S/c1-2-17-14-12-7-8-20-15(12)19-13(18-14)9-10-3-5-11(16)6-4-10/h3-8H,2,9H2,1H3,(H,17,18,19). The molecule has 3 nitrogen and oxygen atoms in total. The summed E-state index contributed by atoms with van der Waals surface area (Å²) in [5.41, 5.74) is 1.21.